The van der Waals surface area contributed by atoms with Crippen molar-refractivity contribution in [3.8, 4) is 11.3 Å². The molecule has 23 heavy (non-hydrogen) atoms. The number of hydrogen-bond acceptors (Lipinski definition) is 2. The molecule has 0 aliphatic heterocycles. The Morgan fingerprint density at radius 1 is 1.13 bits per heavy atom. The third-order valence-corrected chi connectivity index (χ3v) is 4.00. The molecule has 0 aliphatic rings. The first-order valence-corrected chi connectivity index (χ1v) is 7.96. The predicted molar refractivity (Wildman–Crippen MR) is 94.9 cm³/mol. The maximum atomic E-state index is 12.6. The van der Waals surface area contributed by atoms with Gasteiger partial charge in [-0.1, -0.05) is 44.5 Å². The summed E-state index contributed by atoms with van der Waals surface area (Å²) in [5.74, 6) is 0. The number of halogens is 1. The van der Waals surface area contributed by atoms with E-state index >= 15 is 0 Å². The van der Waals surface area contributed by atoms with E-state index in [1.807, 2.05) is 34.9 Å². The van der Waals surface area contributed by atoms with Crippen LogP contribution in [0.1, 0.15) is 20.8 Å². The lowest BCUT2D eigenvalue weighted by Gasteiger charge is -2.18. The second-order valence-corrected chi connectivity index (χ2v) is 7.42. The summed E-state index contributed by atoms with van der Waals surface area (Å²) in [7, 11) is 1.80. The van der Waals surface area contributed by atoms with Crippen molar-refractivity contribution >= 4 is 22.6 Å². The van der Waals surface area contributed by atoms with Gasteiger partial charge in [-0.05, 0) is 29.7 Å². The van der Waals surface area contributed by atoms with E-state index in [0.29, 0.717) is 11.7 Å². The van der Waals surface area contributed by atoms with Crippen molar-refractivity contribution in [2.75, 3.05) is 0 Å². The second-order valence-electron chi connectivity index (χ2n) is 7.04. The van der Waals surface area contributed by atoms with Crippen molar-refractivity contribution < 1.29 is 0 Å². The Kier molecular flexibility index (Phi) is 3.80. The molecule has 2 aromatic heterocycles. The molecule has 0 bridgehead atoms. The molecular weight excluding hydrogens is 310 g/mol. The average Bonchev–Trinajstić information content (AvgIpc) is 2.71. The topological polar surface area (TPSA) is 39.8 Å². The molecular formula is C18H20ClN3O. The zero-order valence-corrected chi connectivity index (χ0v) is 14.6. The quantitative estimate of drug-likeness (QED) is 0.664. The fourth-order valence-electron chi connectivity index (χ4n) is 2.76. The molecule has 0 saturated carbocycles. The summed E-state index contributed by atoms with van der Waals surface area (Å²) < 4.78 is 3.53. The minimum Gasteiger partial charge on any atom is -0.295 e. The van der Waals surface area contributed by atoms with Crippen LogP contribution < -0.4 is 5.69 Å². The van der Waals surface area contributed by atoms with Crippen molar-refractivity contribution in [1.29, 1.82) is 0 Å². The molecule has 1 aromatic carbocycles. The lowest BCUT2D eigenvalue weighted by Crippen LogP contribution is -2.27. The molecule has 120 valence electrons. The Hall–Kier alpha value is -2.07. The molecule has 0 spiro atoms. The SMILES string of the molecule is Cn1c(=O)n(CC(C)(C)C)c2ccc(-c3cccc(Cl)n3)cc21. The molecule has 4 nitrogen and oxygen atoms in total. The highest BCUT2D eigenvalue weighted by molar-refractivity contribution is 6.29. The standard InChI is InChI=1S/C18H20ClN3O/c1-18(2,3)11-22-14-9-8-12(10-15(14)21(4)17(22)23)13-6-5-7-16(19)20-13/h5-10H,11H2,1-4H3. The summed E-state index contributed by atoms with van der Waals surface area (Å²) in [5, 5.41) is 0.460. The van der Waals surface area contributed by atoms with Gasteiger partial charge in [0.05, 0.1) is 16.7 Å². The molecule has 3 rings (SSSR count). The first-order chi connectivity index (χ1) is 10.8. The fourth-order valence-corrected chi connectivity index (χ4v) is 2.93. The number of aryl methyl sites for hydroxylation is 1. The van der Waals surface area contributed by atoms with E-state index in [0.717, 1.165) is 22.3 Å². The molecule has 0 radical (unpaired) electrons. The van der Waals surface area contributed by atoms with Gasteiger partial charge in [-0.15, -0.1) is 0 Å². The molecule has 0 atom stereocenters. The van der Waals surface area contributed by atoms with E-state index in [1.165, 1.54) is 0 Å². The van der Waals surface area contributed by atoms with Crippen LogP contribution in [-0.2, 0) is 13.6 Å². The number of hydrogen-bond donors (Lipinski definition) is 0. The van der Waals surface area contributed by atoms with E-state index in [2.05, 4.69) is 25.8 Å². The molecule has 0 fully saturated rings. The first kappa shape index (κ1) is 15.8. The van der Waals surface area contributed by atoms with Gasteiger partial charge < -0.3 is 0 Å². The molecule has 0 N–H and O–H groups in total. The van der Waals surface area contributed by atoms with Gasteiger partial charge in [-0.25, -0.2) is 9.78 Å². The number of pyridine rings is 1. The highest BCUT2D eigenvalue weighted by atomic mass is 35.5. The maximum absolute atomic E-state index is 12.6. The number of rotatable bonds is 2. The molecule has 5 heteroatoms. The third kappa shape index (κ3) is 3.04. The van der Waals surface area contributed by atoms with Gasteiger partial charge in [0.25, 0.3) is 0 Å². The van der Waals surface area contributed by atoms with Crippen LogP contribution in [-0.4, -0.2) is 14.1 Å². The zero-order chi connectivity index (χ0) is 16.8. The molecule has 0 amide bonds. The van der Waals surface area contributed by atoms with Crippen molar-refractivity contribution in [2.24, 2.45) is 12.5 Å². The molecule has 0 saturated heterocycles. The van der Waals surface area contributed by atoms with Gasteiger partial charge in [0.1, 0.15) is 5.15 Å². The van der Waals surface area contributed by atoms with Gasteiger partial charge in [0.2, 0.25) is 0 Å². The normalized spacial score (nSPS) is 12.0. The fraction of sp³-hybridized carbons (Fsp3) is 0.333. The number of fused-ring (bicyclic) bond motifs is 1. The van der Waals surface area contributed by atoms with Gasteiger partial charge in [-0.2, -0.15) is 0 Å². The molecule has 0 aliphatic carbocycles. The zero-order valence-electron chi connectivity index (χ0n) is 13.8. The van der Waals surface area contributed by atoms with Gasteiger partial charge >= 0.3 is 5.69 Å². The van der Waals surface area contributed by atoms with Gasteiger partial charge in [0.15, 0.2) is 0 Å². The minimum atomic E-state index is 0.00567. The largest absolute Gasteiger partial charge is 0.328 e. The van der Waals surface area contributed by atoms with Gasteiger partial charge in [0, 0.05) is 19.2 Å². The molecule has 0 unspecified atom stereocenters. The lowest BCUT2D eigenvalue weighted by molar-refractivity contribution is 0.342. The van der Waals surface area contributed by atoms with Crippen LogP contribution in [0.15, 0.2) is 41.2 Å². The van der Waals surface area contributed by atoms with Crippen LogP contribution in [0.2, 0.25) is 5.15 Å². The summed E-state index contributed by atoms with van der Waals surface area (Å²) in [6, 6.07) is 11.5. The second kappa shape index (κ2) is 5.53. The Morgan fingerprint density at radius 3 is 2.52 bits per heavy atom. The van der Waals surface area contributed by atoms with Crippen molar-refractivity contribution in [2.45, 2.75) is 27.3 Å². The summed E-state index contributed by atoms with van der Waals surface area (Å²) >= 11 is 5.98. The first-order valence-electron chi connectivity index (χ1n) is 7.58. The number of aromatic nitrogens is 3. The molecule has 3 aromatic rings. The number of benzene rings is 1. The Bertz CT molecular complexity index is 932. The van der Waals surface area contributed by atoms with E-state index in [-0.39, 0.29) is 11.1 Å². The summed E-state index contributed by atoms with van der Waals surface area (Å²) in [6.45, 7) is 7.06. The number of nitrogens with zero attached hydrogens (tertiary/aromatic N) is 3. The van der Waals surface area contributed by atoms with Gasteiger partial charge in [-0.3, -0.25) is 9.13 Å². The Morgan fingerprint density at radius 2 is 1.87 bits per heavy atom. The number of imidazole rings is 1. The van der Waals surface area contributed by atoms with E-state index < -0.39 is 0 Å². The van der Waals surface area contributed by atoms with Crippen molar-refractivity contribution in [3.05, 3.63) is 52.0 Å². The van der Waals surface area contributed by atoms with Crippen LogP contribution in [0.25, 0.3) is 22.3 Å². The van der Waals surface area contributed by atoms with Crippen LogP contribution in [0.3, 0.4) is 0 Å². The molecule has 2 heterocycles. The third-order valence-electron chi connectivity index (χ3n) is 3.79. The highest BCUT2D eigenvalue weighted by Crippen LogP contribution is 2.25. The summed E-state index contributed by atoms with van der Waals surface area (Å²) in [5.41, 5.74) is 3.63. The highest BCUT2D eigenvalue weighted by Gasteiger charge is 2.18. The summed E-state index contributed by atoms with van der Waals surface area (Å²) in [4.78, 5) is 16.9. The van der Waals surface area contributed by atoms with E-state index in [1.54, 1.807) is 17.7 Å². The van der Waals surface area contributed by atoms with Crippen LogP contribution in [0, 0.1) is 5.41 Å². The van der Waals surface area contributed by atoms with Crippen LogP contribution in [0.5, 0.6) is 0 Å². The van der Waals surface area contributed by atoms with E-state index in [4.69, 9.17) is 11.6 Å². The monoisotopic (exact) mass is 329 g/mol. The average molecular weight is 330 g/mol. The Balaban J connectivity index is 2.18. The van der Waals surface area contributed by atoms with Crippen molar-refractivity contribution in [3.63, 3.8) is 0 Å². The minimum absolute atomic E-state index is 0.00567. The van der Waals surface area contributed by atoms with E-state index in [9.17, 15) is 4.79 Å². The van der Waals surface area contributed by atoms with Crippen LogP contribution in [0.4, 0.5) is 0 Å². The maximum Gasteiger partial charge on any atom is 0.328 e. The lowest BCUT2D eigenvalue weighted by atomic mass is 9.97. The smallest absolute Gasteiger partial charge is 0.295 e. The summed E-state index contributed by atoms with van der Waals surface area (Å²) in [6.07, 6.45) is 0. The van der Waals surface area contributed by atoms with Crippen LogP contribution >= 0.6 is 11.6 Å². The predicted octanol–water partition coefficient (Wildman–Crippen LogP) is 4.10. The Labute approximate surface area is 140 Å². The van der Waals surface area contributed by atoms with Crippen molar-refractivity contribution in [1.82, 2.24) is 14.1 Å².